The van der Waals surface area contributed by atoms with Gasteiger partial charge in [-0.2, -0.15) is 0 Å². The zero-order chi connectivity index (χ0) is 14.8. The minimum absolute atomic E-state index is 0.0273. The third-order valence-electron chi connectivity index (χ3n) is 6.91. The first-order chi connectivity index (χ1) is 9.89. The summed E-state index contributed by atoms with van der Waals surface area (Å²) in [6.07, 6.45) is 5.94. The average Bonchev–Trinajstić information content (AvgIpc) is 2.80. The summed E-state index contributed by atoms with van der Waals surface area (Å²) in [5, 5.41) is 0. The average molecular weight is 288 g/mol. The molecule has 0 amide bonds. The predicted molar refractivity (Wildman–Crippen MR) is 73.2 cm³/mol. The number of ether oxygens (including phenoxy) is 2. The van der Waals surface area contributed by atoms with E-state index in [1.54, 1.807) is 0 Å². The number of carbonyl (C=O) groups excluding carboxylic acids is 2. The van der Waals surface area contributed by atoms with Crippen LogP contribution in [0.2, 0.25) is 0 Å². The molecule has 3 saturated carbocycles. The normalized spacial score (nSPS) is 58.1. The van der Waals surface area contributed by atoms with Crippen LogP contribution in [-0.2, 0) is 19.1 Å². The molecule has 0 N–H and O–H groups in total. The molecule has 7 unspecified atom stereocenters. The van der Waals surface area contributed by atoms with Crippen molar-refractivity contribution in [3.05, 3.63) is 12.2 Å². The Morgan fingerprint density at radius 1 is 1.14 bits per heavy atom. The van der Waals surface area contributed by atoms with Crippen molar-refractivity contribution >= 4 is 11.6 Å². The number of rotatable bonds is 1. The fourth-order valence-electron chi connectivity index (χ4n) is 6.08. The minimum Gasteiger partial charge on any atom is -0.346 e. The molecule has 4 nitrogen and oxygen atoms in total. The second-order valence-electron chi connectivity index (χ2n) is 7.98. The molecule has 0 radical (unpaired) electrons. The SMILES string of the molecule is COC12OC(C)(C)C3CC31C(=O)C1C3C=CC(C3)C1C2=O. The number of hydrogen-bond acceptors (Lipinski definition) is 4. The van der Waals surface area contributed by atoms with E-state index in [1.807, 2.05) is 13.8 Å². The largest absolute Gasteiger partial charge is 0.346 e. The van der Waals surface area contributed by atoms with Gasteiger partial charge in [-0.25, -0.2) is 0 Å². The Kier molecular flexibility index (Phi) is 1.90. The van der Waals surface area contributed by atoms with Crippen LogP contribution in [0.4, 0.5) is 0 Å². The lowest BCUT2D eigenvalue weighted by molar-refractivity contribution is -0.262. The molecule has 5 rings (SSSR count). The summed E-state index contributed by atoms with van der Waals surface area (Å²) in [6, 6.07) is 0. The predicted octanol–water partition coefficient (Wildman–Crippen LogP) is 1.73. The molecule has 5 aliphatic rings. The summed E-state index contributed by atoms with van der Waals surface area (Å²) >= 11 is 0. The summed E-state index contributed by atoms with van der Waals surface area (Å²) in [5.41, 5.74) is -1.17. The molecule has 0 aromatic rings. The van der Waals surface area contributed by atoms with Gasteiger partial charge in [0.1, 0.15) is 5.78 Å². The van der Waals surface area contributed by atoms with Crippen LogP contribution in [0.1, 0.15) is 26.7 Å². The van der Waals surface area contributed by atoms with Gasteiger partial charge in [0.05, 0.1) is 11.0 Å². The Labute approximate surface area is 123 Å². The number of allylic oxidation sites excluding steroid dienone is 2. The maximum Gasteiger partial charge on any atom is 0.242 e. The van der Waals surface area contributed by atoms with E-state index in [4.69, 9.17) is 9.47 Å². The van der Waals surface area contributed by atoms with E-state index in [-0.39, 0.29) is 41.2 Å². The molecule has 4 heteroatoms. The zero-order valence-corrected chi connectivity index (χ0v) is 12.6. The first-order valence-corrected chi connectivity index (χ1v) is 7.91. The monoisotopic (exact) mass is 288 g/mol. The molecule has 0 aromatic heterocycles. The van der Waals surface area contributed by atoms with Crippen molar-refractivity contribution in [3.63, 3.8) is 0 Å². The lowest BCUT2D eigenvalue weighted by Gasteiger charge is -2.45. The maximum absolute atomic E-state index is 13.3. The van der Waals surface area contributed by atoms with Gasteiger partial charge in [-0.05, 0) is 38.5 Å². The van der Waals surface area contributed by atoms with E-state index in [0.29, 0.717) is 0 Å². The Balaban J connectivity index is 1.72. The molecule has 112 valence electrons. The topological polar surface area (TPSA) is 52.6 Å². The van der Waals surface area contributed by atoms with Gasteiger partial charge in [0.25, 0.3) is 0 Å². The number of Topliss-reactive ketones (excluding diaryl/α,β-unsaturated/α-hetero) is 2. The van der Waals surface area contributed by atoms with Crippen LogP contribution in [0.15, 0.2) is 12.2 Å². The van der Waals surface area contributed by atoms with Gasteiger partial charge in [0, 0.05) is 24.9 Å². The fourth-order valence-corrected chi connectivity index (χ4v) is 6.08. The van der Waals surface area contributed by atoms with E-state index in [9.17, 15) is 9.59 Å². The molecule has 2 bridgehead atoms. The molecular formula is C17H20O4. The van der Waals surface area contributed by atoms with Crippen molar-refractivity contribution in [1.82, 2.24) is 0 Å². The van der Waals surface area contributed by atoms with E-state index in [2.05, 4.69) is 12.2 Å². The number of hydrogen-bond donors (Lipinski definition) is 0. The minimum atomic E-state index is -1.32. The highest BCUT2D eigenvalue weighted by Gasteiger charge is 2.88. The van der Waals surface area contributed by atoms with E-state index >= 15 is 0 Å². The Hall–Kier alpha value is -1.00. The Morgan fingerprint density at radius 2 is 1.76 bits per heavy atom. The molecule has 21 heavy (non-hydrogen) atoms. The number of carbonyl (C=O) groups is 2. The number of methoxy groups -OCH3 is 1. The molecular weight excluding hydrogens is 268 g/mol. The second kappa shape index (κ2) is 3.18. The van der Waals surface area contributed by atoms with E-state index in [1.165, 1.54) is 7.11 Å². The van der Waals surface area contributed by atoms with Crippen LogP contribution in [0, 0.1) is 35.0 Å². The standard InChI is InChI=1S/C17H20O4/c1-15(2)10-7-16(10)13(18)11-8-4-5-9(6-8)12(11)14(19)17(16,20-3)21-15/h4-5,8-12H,6-7H2,1-3H3. The summed E-state index contributed by atoms with van der Waals surface area (Å²) in [6.45, 7) is 3.96. The smallest absolute Gasteiger partial charge is 0.242 e. The van der Waals surface area contributed by atoms with E-state index < -0.39 is 16.8 Å². The molecule has 0 aromatic carbocycles. The molecule has 7 atom stereocenters. The third-order valence-corrected chi connectivity index (χ3v) is 6.91. The fraction of sp³-hybridized carbons (Fsp3) is 0.765. The van der Waals surface area contributed by atoms with Crippen LogP contribution in [-0.4, -0.2) is 30.1 Å². The highest BCUT2D eigenvalue weighted by atomic mass is 16.7. The Morgan fingerprint density at radius 3 is 2.33 bits per heavy atom. The van der Waals surface area contributed by atoms with Crippen LogP contribution >= 0.6 is 0 Å². The van der Waals surface area contributed by atoms with Gasteiger partial charge in [0.15, 0.2) is 5.78 Å². The molecule has 4 aliphatic carbocycles. The molecule has 1 spiro atoms. The van der Waals surface area contributed by atoms with Gasteiger partial charge in [0.2, 0.25) is 5.79 Å². The zero-order valence-electron chi connectivity index (χ0n) is 12.6. The summed E-state index contributed by atoms with van der Waals surface area (Å²) in [4.78, 5) is 26.6. The van der Waals surface area contributed by atoms with Crippen molar-refractivity contribution in [3.8, 4) is 0 Å². The van der Waals surface area contributed by atoms with Crippen molar-refractivity contribution in [2.75, 3.05) is 7.11 Å². The third kappa shape index (κ3) is 1.03. The van der Waals surface area contributed by atoms with Crippen LogP contribution in [0.25, 0.3) is 0 Å². The van der Waals surface area contributed by atoms with Crippen molar-refractivity contribution in [1.29, 1.82) is 0 Å². The van der Waals surface area contributed by atoms with Gasteiger partial charge in [-0.15, -0.1) is 0 Å². The van der Waals surface area contributed by atoms with Gasteiger partial charge < -0.3 is 9.47 Å². The lowest BCUT2D eigenvalue weighted by atomic mass is 9.63. The summed E-state index contributed by atoms with van der Waals surface area (Å²) < 4.78 is 11.8. The van der Waals surface area contributed by atoms with Gasteiger partial charge >= 0.3 is 0 Å². The number of ketones is 2. The van der Waals surface area contributed by atoms with Crippen molar-refractivity contribution in [2.24, 2.45) is 35.0 Å². The van der Waals surface area contributed by atoms with Gasteiger partial charge in [-0.3, -0.25) is 9.59 Å². The lowest BCUT2D eigenvalue weighted by Crippen LogP contribution is -2.63. The van der Waals surface area contributed by atoms with Crippen LogP contribution in [0.5, 0.6) is 0 Å². The van der Waals surface area contributed by atoms with E-state index in [0.717, 1.165) is 12.8 Å². The highest BCUT2D eigenvalue weighted by Crippen LogP contribution is 2.77. The number of fused-ring (bicyclic) bond motifs is 5. The summed E-state index contributed by atoms with van der Waals surface area (Å²) in [5.74, 6) is -0.841. The second-order valence-corrected chi connectivity index (χ2v) is 7.98. The van der Waals surface area contributed by atoms with Crippen LogP contribution < -0.4 is 0 Å². The first-order valence-electron chi connectivity index (χ1n) is 7.91. The Bertz CT molecular complexity index is 620. The molecule has 4 fully saturated rings. The van der Waals surface area contributed by atoms with Gasteiger partial charge in [-0.1, -0.05) is 12.2 Å². The molecule has 1 aliphatic heterocycles. The van der Waals surface area contributed by atoms with Crippen molar-refractivity contribution < 1.29 is 19.1 Å². The van der Waals surface area contributed by atoms with Crippen LogP contribution in [0.3, 0.4) is 0 Å². The molecule has 1 saturated heterocycles. The molecule has 1 heterocycles. The maximum atomic E-state index is 13.3. The summed E-state index contributed by atoms with van der Waals surface area (Å²) in [7, 11) is 1.52. The van der Waals surface area contributed by atoms with Crippen molar-refractivity contribution in [2.45, 2.75) is 38.1 Å². The highest BCUT2D eigenvalue weighted by molar-refractivity contribution is 6.09. The first kappa shape index (κ1) is 12.5. The quantitative estimate of drug-likeness (QED) is 0.690.